The second-order valence-corrected chi connectivity index (χ2v) is 4.40. The van der Waals surface area contributed by atoms with Crippen molar-refractivity contribution in [2.75, 3.05) is 26.7 Å². The Morgan fingerprint density at radius 2 is 2.39 bits per heavy atom. The summed E-state index contributed by atoms with van der Waals surface area (Å²) in [7, 11) is 1.99. The molecule has 2 aliphatic heterocycles. The highest BCUT2D eigenvalue weighted by Gasteiger charge is 2.22. The van der Waals surface area contributed by atoms with Crippen LogP contribution in [-0.4, -0.2) is 42.8 Å². The molecule has 1 amide bonds. The van der Waals surface area contributed by atoms with Crippen LogP contribution < -0.4 is 10.6 Å². The fourth-order valence-corrected chi connectivity index (χ4v) is 2.13. The molecule has 0 saturated carbocycles. The molecule has 0 atom stereocenters. The number of nitrogens with one attached hydrogen (secondary N) is 2. The van der Waals surface area contributed by atoms with Crippen LogP contribution in [0.15, 0.2) is 34.9 Å². The number of rotatable bonds is 2. The van der Waals surface area contributed by atoms with E-state index >= 15 is 0 Å². The largest absolute Gasteiger partial charge is 0.465 e. The van der Waals surface area contributed by atoms with E-state index in [0.717, 1.165) is 25.1 Å². The fourth-order valence-electron chi connectivity index (χ4n) is 2.13. The monoisotopic (exact) mass is 253 g/mol. The van der Waals surface area contributed by atoms with Crippen LogP contribution in [0.5, 0.6) is 0 Å². The highest BCUT2D eigenvalue weighted by molar-refractivity contribution is 5.69. The van der Waals surface area contributed by atoms with E-state index in [4.69, 9.17) is 5.11 Å². The zero-order valence-corrected chi connectivity index (χ0v) is 10.2. The van der Waals surface area contributed by atoms with Gasteiger partial charge in [-0.3, -0.25) is 5.32 Å². The number of carbonyl (C=O) groups is 1. The third kappa shape index (κ3) is 2.70. The predicted molar refractivity (Wildman–Crippen MR) is 65.6 cm³/mol. The van der Waals surface area contributed by atoms with Crippen molar-refractivity contribution in [2.45, 2.75) is 6.42 Å². The van der Waals surface area contributed by atoms with Gasteiger partial charge in [-0.1, -0.05) is 6.08 Å². The van der Waals surface area contributed by atoms with Crippen LogP contribution in [0.4, 0.5) is 9.18 Å². The molecule has 0 saturated heterocycles. The van der Waals surface area contributed by atoms with Gasteiger partial charge in [-0.05, 0) is 19.0 Å². The lowest BCUT2D eigenvalue weighted by Crippen LogP contribution is -2.32. The minimum absolute atomic E-state index is 0.294. The molecule has 2 heterocycles. The SMILES string of the molecule is CN1CC=C(C2=C(NC(=O)O)CNC=C2F)CC1. The molecule has 0 aromatic heterocycles. The Hall–Kier alpha value is -1.82. The third-order valence-electron chi connectivity index (χ3n) is 3.04. The molecular formula is C12H16FN3O2. The Bertz CT molecular complexity index is 454. The second-order valence-electron chi connectivity index (χ2n) is 4.40. The highest BCUT2D eigenvalue weighted by atomic mass is 19.1. The van der Waals surface area contributed by atoms with Crippen molar-refractivity contribution in [3.8, 4) is 0 Å². The summed E-state index contributed by atoms with van der Waals surface area (Å²) in [4.78, 5) is 12.8. The lowest BCUT2D eigenvalue weighted by Gasteiger charge is -2.26. The molecule has 2 aliphatic rings. The number of carboxylic acid groups (broad SMARTS) is 1. The van der Waals surface area contributed by atoms with E-state index in [9.17, 15) is 9.18 Å². The molecule has 0 fully saturated rings. The number of hydrogen-bond donors (Lipinski definition) is 3. The zero-order chi connectivity index (χ0) is 13.1. The van der Waals surface area contributed by atoms with Gasteiger partial charge in [-0.25, -0.2) is 9.18 Å². The van der Waals surface area contributed by atoms with Gasteiger partial charge in [0.1, 0.15) is 5.83 Å². The molecule has 0 aromatic carbocycles. The zero-order valence-electron chi connectivity index (χ0n) is 10.2. The Morgan fingerprint density at radius 1 is 1.61 bits per heavy atom. The minimum atomic E-state index is -1.17. The first-order chi connectivity index (χ1) is 8.58. The van der Waals surface area contributed by atoms with E-state index in [1.165, 1.54) is 6.20 Å². The van der Waals surface area contributed by atoms with Crippen LogP contribution in [0.1, 0.15) is 6.42 Å². The summed E-state index contributed by atoms with van der Waals surface area (Å²) in [6.45, 7) is 1.89. The fraction of sp³-hybridized carbons (Fsp3) is 0.417. The van der Waals surface area contributed by atoms with E-state index in [1.54, 1.807) is 0 Å². The standard InChI is InChI=1S/C12H16FN3O2/c1-16-4-2-8(3-5-16)11-9(13)6-14-7-10(11)15-12(17)18/h2,6,14-15H,3-5,7H2,1H3,(H,17,18). The van der Waals surface area contributed by atoms with Crippen molar-refractivity contribution in [2.24, 2.45) is 0 Å². The van der Waals surface area contributed by atoms with E-state index in [1.807, 2.05) is 13.1 Å². The average Bonchev–Trinajstić information content (AvgIpc) is 2.30. The van der Waals surface area contributed by atoms with Crippen LogP contribution >= 0.6 is 0 Å². The number of hydrogen-bond acceptors (Lipinski definition) is 3. The maximum Gasteiger partial charge on any atom is 0.408 e. The smallest absolute Gasteiger partial charge is 0.408 e. The molecule has 98 valence electrons. The maximum absolute atomic E-state index is 13.9. The second kappa shape index (κ2) is 5.22. The predicted octanol–water partition coefficient (Wildman–Crippen LogP) is 1.18. The van der Waals surface area contributed by atoms with Gasteiger partial charge in [0.05, 0.1) is 12.2 Å². The quantitative estimate of drug-likeness (QED) is 0.691. The first-order valence-corrected chi connectivity index (χ1v) is 5.78. The number of amides is 1. The van der Waals surface area contributed by atoms with Crippen LogP contribution in [-0.2, 0) is 0 Å². The molecular weight excluding hydrogens is 237 g/mol. The molecule has 0 bridgehead atoms. The van der Waals surface area contributed by atoms with E-state index in [0.29, 0.717) is 17.8 Å². The minimum Gasteiger partial charge on any atom is -0.465 e. The van der Waals surface area contributed by atoms with Crippen molar-refractivity contribution in [1.82, 2.24) is 15.5 Å². The Kier molecular flexibility index (Phi) is 3.66. The molecule has 18 heavy (non-hydrogen) atoms. The third-order valence-corrected chi connectivity index (χ3v) is 3.04. The molecule has 6 heteroatoms. The van der Waals surface area contributed by atoms with Gasteiger partial charge in [0.25, 0.3) is 0 Å². The van der Waals surface area contributed by atoms with Gasteiger partial charge in [-0.2, -0.15) is 0 Å². The van der Waals surface area contributed by atoms with Crippen LogP contribution in [0.3, 0.4) is 0 Å². The molecule has 0 radical (unpaired) electrons. The first-order valence-electron chi connectivity index (χ1n) is 5.78. The van der Waals surface area contributed by atoms with Gasteiger partial charge in [0.2, 0.25) is 0 Å². The van der Waals surface area contributed by atoms with E-state index < -0.39 is 11.9 Å². The summed E-state index contributed by atoms with van der Waals surface area (Å²) >= 11 is 0. The molecule has 0 aliphatic carbocycles. The Balaban J connectivity index is 2.32. The van der Waals surface area contributed by atoms with Gasteiger partial charge in [0.15, 0.2) is 0 Å². The van der Waals surface area contributed by atoms with Gasteiger partial charge < -0.3 is 15.3 Å². The highest BCUT2D eigenvalue weighted by Crippen LogP contribution is 2.29. The Labute approximate surface area is 105 Å². The van der Waals surface area contributed by atoms with Crippen molar-refractivity contribution in [3.05, 3.63) is 34.9 Å². The maximum atomic E-state index is 13.9. The normalized spacial score (nSPS) is 21.0. The van der Waals surface area contributed by atoms with E-state index in [-0.39, 0.29) is 0 Å². The number of allylic oxidation sites excluding steroid dienone is 2. The summed E-state index contributed by atoms with van der Waals surface area (Å²) in [5, 5.41) is 13.7. The van der Waals surface area contributed by atoms with Gasteiger partial charge in [-0.15, -0.1) is 0 Å². The lowest BCUT2D eigenvalue weighted by molar-refractivity contribution is 0.197. The van der Waals surface area contributed by atoms with Crippen LogP contribution in [0.25, 0.3) is 0 Å². The molecule has 5 nitrogen and oxygen atoms in total. The van der Waals surface area contributed by atoms with Crippen molar-refractivity contribution in [1.29, 1.82) is 0 Å². The molecule has 0 aromatic rings. The molecule has 2 rings (SSSR count). The van der Waals surface area contributed by atoms with Gasteiger partial charge in [0, 0.05) is 24.9 Å². The van der Waals surface area contributed by atoms with Crippen LogP contribution in [0.2, 0.25) is 0 Å². The molecule has 0 spiro atoms. The van der Waals surface area contributed by atoms with Crippen LogP contribution in [0, 0.1) is 0 Å². The van der Waals surface area contributed by atoms with E-state index in [2.05, 4.69) is 15.5 Å². The summed E-state index contributed by atoms with van der Waals surface area (Å²) < 4.78 is 13.9. The lowest BCUT2D eigenvalue weighted by atomic mass is 9.95. The van der Waals surface area contributed by atoms with Crippen molar-refractivity contribution < 1.29 is 14.3 Å². The summed E-state index contributed by atoms with van der Waals surface area (Å²) in [6.07, 6.45) is 2.77. The summed E-state index contributed by atoms with van der Waals surface area (Å²) in [5.41, 5.74) is 1.63. The number of dihydropyridines is 1. The first kappa shape index (κ1) is 12.6. The van der Waals surface area contributed by atoms with Gasteiger partial charge >= 0.3 is 6.09 Å². The van der Waals surface area contributed by atoms with Crippen molar-refractivity contribution >= 4 is 6.09 Å². The average molecular weight is 253 g/mol. The summed E-state index contributed by atoms with van der Waals surface area (Å²) in [5.74, 6) is -0.416. The Morgan fingerprint density at radius 3 is 3.00 bits per heavy atom. The number of likely N-dealkylation sites (N-methyl/N-ethyl adjacent to an activating group) is 1. The molecule has 0 unspecified atom stereocenters. The topological polar surface area (TPSA) is 64.6 Å². The molecule has 3 N–H and O–H groups in total. The number of halogens is 1. The van der Waals surface area contributed by atoms with Crippen molar-refractivity contribution in [3.63, 3.8) is 0 Å². The number of nitrogens with zero attached hydrogens (tertiary/aromatic N) is 1. The summed E-state index contributed by atoms with van der Waals surface area (Å²) in [6, 6.07) is 0.